The smallest absolute Gasteiger partial charge is 0.337 e. The molecule has 0 fully saturated rings. The summed E-state index contributed by atoms with van der Waals surface area (Å²) in [6.07, 6.45) is 0. The zero-order valence-electron chi connectivity index (χ0n) is 12.1. The molecule has 2 aromatic rings. The third-order valence-corrected chi connectivity index (χ3v) is 3.70. The lowest BCUT2D eigenvalue weighted by atomic mass is 10.1. The fourth-order valence-corrected chi connectivity index (χ4v) is 2.38. The van der Waals surface area contributed by atoms with Gasteiger partial charge in [-0.1, -0.05) is 41.9 Å². The summed E-state index contributed by atoms with van der Waals surface area (Å²) in [5, 5.41) is 4.18. The van der Waals surface area contributed by atoms with Crippen LogP contribution in [0.5, 0.6) is 0 Å². The van der Waals surface area contributed by atoms with E-state index in [4.69, 9.17) is 11.6 Å². The lowest BCUT2D eigenvalue weighted by Gasteiger charge is -2.15. The quantitative estimate of drug-likeness (QED) is 0.849. The normalized spacial score (nSPS) is 12.0. The van der Waals surface area contributed by atoms with E-state index in [1.165, 1.54) is 7.11 Å². The van der Waals surface area contributed by atoms with Gasteiger partial charge in [0.15, 0.2) is 0 Å². The first kappa shape index (κ1) is 15.5. The molecule has 0 saturated carbocycles. The molecule has 0 spiro atoms. The molecular formula is C17H18ClNO2. The molecule has 2 aromatic carbocycles. The molecule has 0 aliphatic carbocycles. The molecule has 0 amide bonds. The van der Waals surface area contributed by atoms with Crippen molar-refractivity contribution in [2.24, 2.45) is 0 Å². The van der Waals surface area contributed by atoms with Gasteiger partial charge in [0.1, 0.15) is 0 Å². The van der Waals surface area contributed by atoms with Crippen molar-refractivity contribution in [2.45, 2.75) is 19.5 Å². The first-order valence-electron chi connectivity index (χ1n) is 6.77. The highest BCUT2D eigenvalue weighted by atomic mass is 35.5. The van der Waals surface area contributed by atoms with Gasteiger partial charge in [0.25, 0.3) is 0 Å². The van der Waals surface area contributed by atoms with E-state index in [0.717, 1.165) is 16.1 Å². The minimum atomic E-state index is -0.320. The van der Waals surface area contributed by atoms with Crippen LogP contribution in [0.15, 0.2) is 48.5 Å². The number of methoxy groups -OCH3 is 1. The second kappa shape index (κ2) is 7.25. The predicted molar refractivity (Wildman–Crippen MR) is 84.5 cm³/mol. The standard InChI is InChI=1S/C17H18ClNO2/c1-12(15-5-3-4-6-16(15)18)19-11-13-7-9-14(10-8-13)17(20)21-2/h3-10,12,19H,11H2,1-2H3/t12-/m1/s1. The fraction of sp³-hybridized carbons (Fsp3) is 0.235. The van der Waals surface area contributed by atoms with Crippen LogP contribution >= 0.6 is 11.6 Å². The van der Waals surface area contributed by atoms with Crippen molar-refractivity contribution in [3.63, 3.8) is 0 Å². The molecule has 0 radical (unpaired) electrons. The van der Waals surface area contributed by atoms with E-state index in [2.05, 4.69) is 17.0 Å². The third kappa shape index (κ3) is 4.06. The molecule has 1 N–H and O–H groups in total. The van der Waals surface area contributed by atoms with Gasteiger partial charge in [-0.2, -0.15) is 0 Å². The maximum Gasteiger partial charge on any atom is 0.337 e. The second-order valence-corrected chi connectivity index (χ2v) is 5.22. The fourth-order valence-electron chi connectivity index (χ4n) is 2.08. The molecule has 21 heavy (non-hydrogen) atoms. The van der Waals surface area contributed by atoms with Crippen molar-refractivity contribution in [1.29, 1.82) is 0 Å². The van der Waals surface area contributed by atoms with Crippen LogP contribution in [-0.4, -0.2) is 13.1 Å². The van der Waals surface area contributed by atoms with E-state index < -0.39 is 0 Å². The van der Waals surface area contributed by atoms with Crippen LogP contribution < -0.4 is 5.32 Å². The first-order valence-corrected chi connectivity index (χ1v) is 7.14. The molecule has 0 bridgehead atoms. The van der Waals surface area contributed by atoms with Gasteiger partial charge in [-0.3, -0.25) is 0 Å². The molecule has 3 nitrogen and oxygen atoms in total. The van der Waals surface area contributed by atoms with Crippen molar-refractivity contribution < 1.29 is 9.53 Å². The number of carbonyl (C=O) groups excluding carboxylic acids is 1. The summed E-state index contributed by atoms with van der Waals surface area (Å²) in [6.45, 7) is 2.78. The van der Waals surface area contributed by atoms with E-state index in [1.807, 2.05) is 36.4 Å². The number of carbonyl (C=O) groups is 1. The number of nitrogens with one attached hydrogen (secondary N) is 1. The van der Waals surface area contributed by atoms with E-state index >= 15 is 0 Å². The largest absolute Gasteiger partial charge is 0.465 e. The maximum absolute atomic E-state index is 11.4. The number of halogens is 1. The van der Waals surface area contributed by atoms with E-state index in [9.17, 15) is 4.79 Å². The van der Waals surface area contributed by atoms with Crippen LogP contribution in [0.25, 0.3) is 0 Å². The summed E-state index contributed by atoms with van der Waals surface area (Å²) in [5.41, 5.74) is 2.73. The minimum absolute atomic E-state index is 0.152. The number of hydrogen-bond donors (Lipinski definition) is 1. The topological polar surface area (TPSA) is 38.3 Å². The van der Waals surface area contributed by atoms with Crippen LogP contribution in [0.2, 0.25) is 5.02 Å². The Bertz CT molecular complexity index is 610. The van der Waals surface area contributed by atoms with Crippen LogP contribution in [0.3, 0.4) is 0 Å². The average molecular weight is 304 g/mol. The van der Waals surface area contributed by atoms with Gasteiger partial charge in [0.2, 0.25) is 0 Å². The monoisotopic (exact) mass is 303 g/mol. The molecule has 4 heteroatoms. The van der Waals surface area contributed by atoms with Crippen LogP contribution in [0, 0.1) is 0 Å². The summed E-state index contributed by atoms with van der Waals surface area (Å²) < 4.78 is 4.68. The Hall–Kier alpha value is -1.84. The van der Waals surface area contributed by atoms with Crippen LogP contribution in [0.1, 0.15) is 34.5 Å². The van der Waals surface area contributed by atoms with Gasteiger partial charge in [0.05, 0.1) is 12.7 Å². The Morgan fingerprint density at radius 2 is 1.86 bits per heavy atom. The number of ether oxygens (including phenoxy) is 1. The number of rotatable bonds is 5. The van der Waals surface area contributed by atoms with Crippen molar-refractivity contribution in [2.75, 3.05) is 7.11 Å². The van der Waals surface area contributed by atoms with Crippen LogP contribution in [0.4, 0.5) is 0 Å². The summed E-state index contributed by atoms with van der Waals surface area (Å²) in [5.74, 6) is -0.320. The number of hydrogen-bond acceptors (Lipinski definition) is 3. The zero-order chi connectivity index (χ0) is 15.2. The Morgan fingerprint density at radius 3 is 2.48 bits per heavy atom. The molecule has 0 aliphatic rings. The van der Waals surface area contributed by atoms with Crippen molar-refractivity contribution in [3.05, 3.63) is 70.2 Å². The van der Waals surface area contributed by atoms with Gasteiger partial charge >= 0.3 is 5.97 Å². The van der Waals surface area contributed by atoms with Crippen LogP contribution in [-0.2, 0) is 11.3 Å². The molecule has 0 unspecified atom stereocenters. The molecule has 1 atom stereocenters. The zero-order valence-corrected chi connectivity index (χ0v) is 12.9. The molecule has 110 valence electrons. The summed E-state index contributed by atoms with van der Waals surface area (Å²) in [7, 11) is 1.38. The highest BCUT2D eigenvalue weighted by Gasteiger charge is 2.09. The van der Waals surface area contributed by atoms with Crippen molar-refractivity contribution in [1.82, 2.24) is 5.32 Å². The second-order valence-electron chi connectivity index (χ2n) is 4.81. The lowest BCUT2D eigenvalue weighted by molar-refractivity contribution is 0.0600. The van der Waals surface area contributed by atoms with Gasteiger partial charge in [-0.05, 0) is 36.2 Å². The average Bonchev–Trinajstić information content (AvgIpc) is 2.52. The molecule has 0 aliphatic heterocycles. The third-order valence-electron chi connectivity index (χ3n) is 3.36. The number of benzene rings is 2. The van der Waals surface area contributed by atoms with E-state index in [0.29, 0.717) is 12.1 Å². The Labute approximate surface area is 129 Å². The minimum Gasteiger partial charge on any atom is -0.465 e. The van der Waals surface area contributed by atoms with E-state index in [-0.39, 0.29) is 12.0 Å². The molecule has 0 saturated heterocycles. The molecular weight excluding hydrogens is 286 g/mol. The molecule has 2 rings (SSSR count). The Kier molecular flexibility index (Phi) is 5.37. The highest BCUT2D eigenvalue weighted by Crippen LogP contribution is 2.22. The van der Waals surface area contributed by atoms with Gasteiger partial charge in [-0.25, -0.2) is 4.79 Å². The predicted octanol–water partition coefficient (Wildman–Crippen LogP) is 3.98. The molecule has 0 aromatic heterocycles. The number of esters is 1. The van der Waals surface area contributed by atoms with Gasteiger partial charge in [-0.15, -0.1) is 0 Å². The lowest BCUT2D eigenvalue weighted by Crippen LogP contribution is -2.18. The van der Waals surface area contributed by atoms with Crippen molar-refractivity contribution >= 4 is 17.6 Å². The maximum atomic E-state index is 11.4. The summed E-state index contributed by atoms with van der Waals surface area (Å²) in [4.78, 5) is 11.4. The van der Waals surface area contributed by atoms with E-state index in [1.54, 1.807) is 12.1 Å². The summed E-state index contributed by atoms with van der Waals surface area (Å²) in [6, 6.07) is 15.3. The Balaban J connectivity index is 1.97. The van der Waals surface area contributed by atoms with Crippen molar-refractivity contribution in [3.8, 4) is 0 Å². The SMILES string of the molecule is COC(=O)c1ccc(CN[C@H](C)c2ccccc2Cl)cc1. The summed E-state index contributed by atoms with van der Waals surface area (Å²) >= 11 is 6.18. The molecule has 0 heterocycles. The first-order chi connectivity index (χ1) is 10.1. The van der Waals surface area contributed by atoms with Gasteiger partial charge in [0, 0.05) is 17.6 Å². The van der Waals surface area contributed by atoms with Gasteiger partial charge < -0.3 is 10.1 Å². The Morgan fingerprint density at radius 1 is 1.19 bits per heavy atom. The highest BCUT2D eigenvalue weighted by molar-refractivity contribution is 6.31.